The first-order chi connectivity index (χ1) is 11.3. The molecule has 0 saturated carbocycles. The van der Waals surface area contributed by atoms with E-state index < -0.39 is 10.0 Å². The number of guanidine groups is 2. The summed E-state index contributed by atoms with van der Waals surface area (Å²) in [5, 5.41) is 10.4. The molecule has 0 aromatic carbocycles. The van der Waals surface area contributed by atoms with Gasteiger partial charge in [-0.25, -0.2) is 18.4 Å². The molecule has 0 unspecified atom stereocenters. The summed E-state index contributed by atoms with van der Waals surface area (Å²) >= 11 is 2.72. The number of nitrogens with zero attached hydrogens (tertiary/aromatic N) is 4. The van der Waals surface area contributed by atoms with E-state index >= 15 is 0 Å². The Hall–Kier alpha value is -2.25. The third-order valence-corrected chi connectivity index (χ3v) is 4.53. The van der Waals surface area contributed by atoms with Gasteiger partial charge in [-0.05, 0) is 0 Å². The van der Waals surface area contributed by atoms with Crippen LogP contribution in [-0.2, 0) is 16.6 Å². The number of thiazole rings is 2. The van der Waals surface area contributed by atoms with Crippen molar-refractivity contribution in [2.75, 3.05) is 13.3 Å². The van der Waals surface area contributed by atoms with Crippen LogP contribution < -0.4 is 22.1 Å². The van der Waals surface area contributed by atoms with Gasteiger partial charge in [0.2, 0.25) is 11.1 Å². The van der Waals surface area contributed by atoms with E-state index in [0.29, 0.717) is 23.1 Å². The van der Waals surface area contributed by atoms with Crippen LogP contribution in [0.5, 0.6) is 0 Å². The van der Waals surface area contributed by atoms with Gasteiger partial charge in [-0.3, -0.25) is 0 Å². The normalized spacial score (nSPS) is 12.0. The Kier molecular flexibility index (Phi) is 5.69. The molecule has 0 atom stereocenters. The monoisotopic (exact) mass is 388 g/mol. The van der Waals surface area contributed by atoms with Gasteiger partial charge in [-0.15, -0.1) is 27.1 Å². The molecule has 0 bridgehead atoms. The van der Waals surface area contributed by atoms with E-state index in [-0.39, 0.29) is 11.9 Å². The zero-order chi connectivity index (χ0) is 17.7. The lowest BCUT2D eigenvalue weighted by molar-refractivity contribution is 0.603. The predicted octanol–water partition coefficient (Wildman–Crippen LogP) is -0.204. The first-order valence-corrected chi connectivity index (χ1v) is 10.1. The van der Waals surface area contributed by atoms with Crippen LogP contribution in [0.2, 0.25) is 0 Å². The molecular weight excluding hydrogens is 372 g/mol. The fourth-order valence-corrected chi connectivity index (χ4v) is 3.46. The quantitative estimate of drug-likeness (QED) is 0.404. The van der Waals surface area contributed by atoms with Crippen molar-refractivity contribution in [2.24, 2.45) is 20.9 Å². The van der Waals surface area contributed by atoms with Crippen LogP contribution in [0.25, 0.3) is 11.4 Å². The van der Waals surface area contributed by atoms with Crippen LogP contribution in [0.1, 0.15) is 5.01 Å². The summed E-state index contributed by atoms with van der Waals surface area (Å²) in [6, 6.07) is 0. The number of aromatic nitrogens is 2. The number of aliphatic imine (C=N–C) groups is 1. The Labute approximate surface area is 146 Å². The van der Waals surface area contributed by atoms with E-state index in [1.807, 2.05) is 5.38 Å². The number of hydrogen-bond acceptors (Lipinski definition) is 7. The third kappa shape index (κ3) is 5.43. The fraction of sp³-hybridized carbons (Fsp3) is 0.273. The van der Waals surface area contributed by atoms with Gasteiger partial charge >= 0.3 is 0 Å². The summed E-state index contributed by atoms with van der Waals surface area (Å²) in [6.07, 6.45) is 1.02. The van der Waals surface area contributed by atoms with Crippen molar-refractivity contribution in [3.05, 3.63) is 15.8 Å². The van der Waals surface area contributed by atoms with Gasteiger partial charge in [0.25, 0.3) is 10.0 Å². The number of hydrogen-bond donors (Lipinski definition) is 4. The first kappa shape index (κ1) is 18.1. The van der Waals surface area contributed by atoms with Crippen molar-refractivity contribution in [1.82, 2.24) is 20.6 Å². The van der Waals surface area contributed by atoms with Gasteiger partial charge in [-0.1, -0.05) is 0 Å². The smallest absolute Gasteiger partial charge is 0.253 e. The average Bonchev–Trinajstić information content (AvgIpc) is 3.10. The molecule has 0 fully saturated rings. The highest BCUT2D eigenvalue weighted by atomic mass is 32.2. The maximum absolute atomic E-state index is 11.2. The highest BCUT2D eigenvalue weighted by Crippen LogP contribution is 2.27. The van der Waals surface area contributed by atoms with Gasteiger partial charge in [-0.2, -0.15) is 4.99 Å². The second-order valence-electron chi connectivity index (χ2n) is 4.45. The molecule has 10 nitrogen and oxygen atoms in total. The molecule has 6 N–H and O–H groups in total. The van der Waals surface area contributed by atoms with E-state index in [1.54, 1.807) is 12.4 Å². The lowest BCUT2D eigenvalue weighted by Gasteiger charge is -2.06. The Morgan fingerprint density at radius 3 is 2.54 bits per heavy atom. The largest absolute Gasteiger partial charge is 0.370 e. The number of sulfonamides is 1. The molecule has 0 amide bonds. The maximum atomic E-state index is 11.2. The lowest BCUT2D eigenvalue weighted by Crippen LogP contribution is -2.35. The minimum atomic E-state index is -3.48. The van der Waals surface area contributed by atoms with Crippen LogP contribution in [0.15, 0.2) is 20.2 Å². The van der Waals surface area contributed by atoms with Crippen LogP contribution >= 0.6 is 22.7 Å². The predicted molar refractivity (Wildman–Crippen MR) is 96.9 cm³/mol. The Bertz CT molecular complexity index is 863. The number of nitrogens with one attached hydrogen (secondary N) is 2. The Morgan fingerprint density at radius 1 is 1.25 bits per heavy atom. The van der Waals surface area contributed by atoms with Crippen LogP contribution in [0.3, 0.4) is 0 Å². The number of rotatable bonds is 5. The lowest BCUT2D eigenvalue weighted by atomic mass is 10.4. The molecule has 130 valence electrons. The van der Waals surface area contributed by atoms with Crippen molar-refractivity contribution < 1.29 is 8.42 Å². The minimum absolute atomic E-state index is 0.0520. The van der Waals surface area contributed by atoms with Crippen LogP contribution in [0, 0.1) is 0 Å². The van der Waals surface area contributed by atoms with Gasteiger partial charge in [0.05, 0.1) is 12.8 Å². The SMILES string of the molecule is CN/C(=N/S(C)(=O)=O)NCc1nc(-c2csc(N=C(N)N)n2)cs1. The molecule has 0 radical (unpaired) electrons. The fourth-order valence-electron chi connectivity index (χ4n) is 1.54. The van der Waals surface area contributed by atoms with E-state index in [0.717, 1.165) is 11.3 Å². The van der Waals surface area contributed by atoms with Gasteiger partial charge in [0, 0.05) is 17.8 Å². The molecule has 2 rings (SSSR count). The summed E-state index contributed by atoms with van der Waals surface area (Å²) in [4.78, 5) is 12.6. The summed E-state index contributed by atoms with van der Waals surface area (Å²) in [5.41, 5.74) is 12.0. The van der Waals surface area contributed by atoms with Crippen molar-refractivity contribution in [1.29, 1.82) is 0 Å². The molecule has 2 heterocycles. The number of nitrogens with two attached hydrogens (primary N) is 2. The molecule has 0 spiro atoms. The van der Waals surface area contributed by atoms with E-state index in [9.17, 15) is 8.42 Å². The minimum Gasteiger partial charge on any atom is -0.370 e. The molecule has 0 aliphatic rings. The van der Waals surface area contributed by atoms with Gasteiger partial charge in [0.15, 0.2) is 5.96 Å². The molecular formula is C11H16N8O2S3. The first-order valence-electron chi connectivity index (χ1n) is 6.48. The second kappa shape index (κ2) is 7.55. The Morgan fingerprint density at radius 2 is 1.92 bits per heavy atom. The summed E-state index contributed by atoms with van der Waals surface area (Å²) in [7, 11) is -1.91. The molecule has 24 heavy (non-hydrogen) atoms. The summed E-state index contributed by atoms with van der Waals surface area (Å²) < 4.78 is 25.9. The molecule has 0 aliphatic carbocycles. The molecule has 0 aliphatic heterocycles. The molecule has 2 aromatic rings. The second-order valence-corrected chi connectivity index (χ2v) is 7.88. The van der Waals surface area contributed by atoms with Crippen molar-refractivity contribution >= 4 is 49.7 Å². The zero-order valence-corrected chi connectivity index (χ0v) is 15.3. The van der Waals surface area contributed by atoms with Crippen LogP contribution in [0.4, 0.5) is 5.13 Å². The highest BCUT2D eigenvalue weighted by Gasteiger charge is 2.10. The van der Waals surface area contributed by atoms with Gasteiger partial charge in [0.1, 0.15) is 16.4 Å². The summed E-state index contributed by atoms with van der Waals surface area (Å²) in [6.45, 7) is 0.324. The highest BCUT2D eigenvalue weighted by molar-refractivity contribution is 7.89. The van der Waals surface area contributed by atoms with Gasteiger partial charge < -0.3 is 22.1 Å². The maximum Gasteiger partial charge on any atom is 0.253 e. The van der Waals surface area contributed by atoms with Crippen molar-refractivity contribution in [2.45, 2.75) is 6.54 Å². The van der Waals surface area contributed by atoms with E-state index in [4.69, 9.17) is 11.5 Å². The average molecular weight is 389 g/mol. The zero-order valence-electron chi connectivity index (χ0n) is 12.8. The molecule has 2 aromatic heterocycles. The van der Waals surface area contributed by atoms with Crippen molar-refractivity contribution in [3.8, 4) is 11.4 Å². The van der Waals surface area contributed by atoms with Crippen LogP contribution in [-0.4, -0.2) is 43.6 Å². The molecule has 0 saturated heterocycles. The Balaban J connectivity index is 2.07. The third-order valence-electron chi connectivity index (χ3n) is 2.43. The van der Waals surface area contributed by atoms with E-state index in [2.05, 4.69) is 30.0 Å². The topological polar surface area (TPSA) is 161 Å². The molecule has 13 heteroatoms. The van der Waals surface area contributed by atoms with Crippen molar-refractivity contribution in [3.63, 3.8) is 0 Å². The standard InChI is InChI=1S/C11H16N8O2S3/c1-14-10(19-24(2,20)21)15-3-8-16-6(4-22-8)7-5-23-11(17-7)18-9(12)13/h4-5H,3H2,1-2H3,(H2,14,15,19)(H4,12,13,17,18). The summed E-state index contributed by atoms with van der Waals surface area (Å²) in [5.74, 6) is 0.0989. The van der Waals surface area contributed by atoms with E-state index in [1.165, 1.54) is 22.7 Å².